The summed E-state index contributed by atoms with van der Waals surface area (Å²) in [6, 6.07) is 8.49. The molecule has 0 bridgehead atoms. The van der Waals surface area contributed by atoms with Gasteiger partial charge in [-0.25, -0.2) is 4.39 Å². The van der Waals surface area contributed by atoms with Crippen molar-refractivity contribution < 1.29 is 18.7 Å². The van der Waals surface area contributed by atoms with Gasteiger partial charge >= 0.3 is 0 Å². The van der Waals surface area contributed by atoms with Crippen molar-refractivity contribution in [2.45, 2.75) is 31.7 Å². The van der Waals surface area contributed by atoms with Crippen LogP contribution in [0.15, 0.2) is 41.1 Å². The van der Waals surface area contributed by atoms with Gasteiger partial charge in [0.15, 0.2) is 0 Å². The highest BCUT2D eigenvalue weighted by molar-refractivity contribution is 7.08. The van der Waals surface area contributed by atoms with Gasteiger partial charge in [-0.3, -0.25) is 9.59 Å². The predicted molar refractivity (Wildman–Crippen MR) is 119 cm³/mol. The molecule has 2 amide bonds. The fourth-order valence-electron chi connectivity index (χ4n) is 4.74. The van der Waals surface area contributed by atoms with Crippen LogP contribution in [0.4, 0.5) is 4.39 Å². The number of hydrogen-bond donors (Lipinski definition) is 0. The Bertz CT molecular complexity index is 890. The van der Waals surface area contributed by atoms with Gasteiger partial charge in [-0.15, -0.1) is 0 Å². The smallest absolute Gasteiger partial charge is 0.254 e. The number of thiophene rings is 1. The highest BCUT2D eigenvalue weighted by Crippen LogP contribution is 2.29. The van der Waals surface area contributed by atoms with Gasteiger partial charge in [-0.2, -0.15) is 11.3 Å². The number of amides is 2. The molecule has 2 aliphatic heterocycles. The second kappa shape index (κ2) is 9.92. The predicted octanol–water partition coefficient (Wildman–Crippen LogP) is 3.85. The molecule has 0 N–H and O–H groups in total. The van der Waals surface area contributed by atoms with Crippen molar-refractivity contribution in [2.24, 2.45) is 11.8 Å². The summed E-state index contributed by atoms with van der Waals surface area (Å²) in [5, 5.41) is 3.74. The van der Waals surface area contributed by atoms with Crippen LogP contribution in [0.5, 0.6) is 0 Å². The molecule has 1 aromatic heterocycles. The highest BCUT2D eigenvalue weighted by Gasteiger charge is 2.35. The van der Waals surface area contributed by atoms with E-state index in [2.05, 4.69) is 0 Å². The van der Waals surface area contributed by atoms with E-state index in [9.17, 15) is 14.0 Å². The topological polar surface area (TPSA) is 49.9 Å². The Hall–Kier alpha value is -2.25. The van der Waals surface area contributed by atoms with E-state index in [1.165, 1.54) is 17.4 Å². The van der Waals surface area contributed by atoms with E-state index in [0.29, 0.717) is 43.9 Å². The van der Waals surface area contributed by atoms with Crippen molar-refractivity contribution in [3.8, 4) is 0 Å². The molecule has 0 spiro atoms. The van der Waals surface area contributed by atoms with Crippen molar-refractivity contribution >= 4 is 23.2 Å². The lowest BCUT2D eigenvalue weighted by atomic mass is 9.84. The molecule has 4 rings (SSSR count). The summed E-state index contributed by atoms with van der Waals surface area (Å²) in [6.07, 6.45) is 2.88. The van der Waals surface area contributed by atoms with Crippen LogP contribution in [0, 0.1) is 17.7 Å². The number of carbonyl (C=O) groups is 2. The minimum Gasteiger partial charge on any atom is -0.381 e. The molecule has 0 aliphatic carbocycles. The number of rotatable bonds is 6. The van der Waals surface area contributed by atoms with Crippen molar-refractivity contribution in [3.63, 3.8) is 0 Å². The number of ether oxygens (including phenoxy) is 1. The molecule has 2 fully saturated rings. The van der Waals surface area contributed by atoms with Gasteiger partial charge in [-0.05, 0) is 54.7 Å². The first-order valence-electron chi connectivity index (χ1n) is 10.9. The Kier molecular flexibility index (Phi) is 7.02. The molecule has 2 aromatic rings. The molecular weight excluding hydrogens is 415 g/mol. The lowest BCUT2D eigenvalue weighted by Gasteiger charge is -2.40. The van der Waals surface area contributed by atoms with Gasteiger partial charge < -0.3 is 14.5 Å². The summed E-state index contributed by atoms with van der Waals surface area (Å²) in [5.41, 5.74) is 1.29. The van der Waals surface area contributed by atoms with E-state index in [4.69, 9.17) is 4.74 Å². The molecule has 2 aliphatic rings. The Labute approximate surface area is 186 Å². The van der Waals surface area contributed by atoms with E-state index in [1.807, 2.05) is 34.8 Å². The first-order chi connectivity index (χ1) is 15.0. The molecule has 166 valence electrons. The number of carbonyl (C=O) groups excluding carboxylic acids is 2. The Morgan fingerprint density at radius 1 is 1.23 bits per heavy atom. The van der Waals surface area contributed by atoms with E-state index in [0.717, 1.165) is 19.3 Å². The standard InChI is InChI=1S/C24H29FN2O3S/c1-26(23(28)20-9-13-31-16-20)22(14-18-4-2-3-5-21(18)25)17-6-10-27(11-7-17)24(29)19-8-12-30-15-19/h2-5,9,13,16-17,19,22H,6-8,10-12,14-15H2,1H3/t19-,22+/m1/s1. The fraction of sp³-hybridized carbons (Fsp3) is 0.500. The monoisotopic (exact) mass is 444 g/mol. The molecule has 7 heteroatoms. The molecular formula is C24H29FN2O3S. The lowest BCUT2D eigenvalue weighted by Crippen LogP contribution is -2.49. The summed E-state index contributed by atoms with van der Waals surface area (Å²) < 4.78 is 19.8. The number of piperidine rings is 1. The summed E-state index contributed by atoms with van der Waals surface area (Å²) in [5.74, 6) is 0.0934. The Morgan fingerprint density at radius 2 is 2.00 bits per heavy atom. The maximum Gasteiger partial charge on any atom is 0.254 e. The molecule has 5 nitrogen and oxygen atoms in total. The number of nitrogens with zero attached hydrogens (tertiary/aromatic N) is 2. The first-order valence-corrected chi connectivity index (χ1v) is 11.9. The zero-order valence-electron chi connectivity index (χ0n) is 17.8. The number of likely N-dealkylation sites (tertiary alicyclic amines) is 1. The Balaban J connectivity index is 1.48. The van der Waals surface area contributed by atoms with Crippen molar-refractivity contribution in [2.75, 3.05) is 33.4 Å². The van der Waals surface area contributed by atoms with Gasteiger partial charge in [0.25, 0.3) is 5.91 Å². The maximum atomic E-state index is 14.4. The lowest BCUT2D eigenvalue weighted by molar-refractivity contribution is -0.137. The second-order valence-corrected chi connectivity index (χ2v) is 9.29. The van der Waals surface area contributed by atoms with Crippen molar-refractivity contribution in [1.82, 2.24) is 9.80 Å². The molecule has 2 saturated heterocycles. The van der Waals surface area contributed by atoms with Crippen LogP contribution >= 0.6 is 11.3 Å². The van der Waals surface area contributed by atoms with E-state index in [-0.39, 0.29) is 35.5 Å². The zero-order valence-corrected chi connectivity index (χ0v) is 18.7. The Morgan fingerprint density at radius 3 is 2.65 bits per heavy atom. The number of halogens is 1. The third-order valence-electron chi connectivity index (χ3n) is 6.65. The second-order valence-electron chi connectivity index (χ2n) is 8.51. The summed E-state index contributed by atoms with van der Waals surface area (Å²) in [4.78, 5) is 29.5. The van der Waals surface area contributed by atoms with E-state index >= 15 is 0 Å². The van der Waals surface area contributed by atoms with Crippen LogP contribution < -0.4 is 0 Å². The summed E-state index contributed by atoms with van der Waals surface area (Å²) in [7, 11) is 1.82. The quantitative estimate of drug-likeness (QED) is 0.680. The molecule has 2 atom stereocenters. The van der Waals surface area contributed by atoms with Crippen molar-refractivity contribution in [3.05, 3.63) is 58.0 Å². The van der Waals surface area contributed by atoms with Crippen LogP contribution in [0.3, 0.4) is 0 Å². The average molecular weight is 445 g/mol. The van der Waals surface area contributed by atoms with Crippen LogP contribution in [0.1, 0.15) is 35.2 Å². The zero-order chi connectivity index (χ0) is 21.8. The average Bonchev–Trinajstić information content (AvgIpc) is 3.52. The van der Waals surface area contributed by atoms with Gasteiger partial charge in [-0.1, -0.05) is 18.2 Å². The van der Waals surface area contributed by atoms with Crippen molar-refractivity contribution in [1.29, 1.82) is 0 Å². The number of likely N-dealkylation sites (N-methyl/N-ethyl adjacent to an activating group) is 1. The molecule has 1 aromatic carbocycles. The van der Waals surface area contributed by atoms with Crippen LogP contribution in [-0.2, 0) is 16.0 Å². The third kappa shape index (κ3) is 4.99. The molecule has 0 saturated carbocycles. The molecule has 3 heterocycles. The van der Waals surface area contributed by atoms with Gasteiger partial charge in [0.05, 0.1) is 18.1 Å². The van der Waals surface area contributed by atoms with Gasteiger partial charge in [0.2, 0.25) is 5.91 Å². The summed E-state index contributed by atoms with van der Waals surface area (Å²) in [6.45, 7) is 2.53. The number of benzene rings is 1. The first kappa shape index (κ1) is 22.0. The normalized spacial score (nSPS) is 20.6. The van der Waals surface area contributed by atoms with Gasteiger partial charge in [0, 0.05) is 38.2 Å². The largest absolute Gasteiger partial charge is 0.381 e. The maximum absolute atomic E-state index is 14.4. The van der Waals surface area contributed by atoms with Crippen LogP contribution in [-0.4, -0.2) is 61.0 Å². The highest BCUT2D eigenvalue weighted by atomic mass is 32.1. The van der Waals surface area contributed by atoms with Crippen LogP contribution in [0.25, 0.3) is 0 Å². The summed E-state index contributed by atoms with van der Waals surface area (Å²) >= 11 is 1.49. The fourth-order valence-corrected chi connectivity index (χ4v) is 5.37. The molecule has 31 heavy (non-hydrogen) atoms. The van der Waals surface area contributed by atoms with Crippen LogP contribution in [0.2, 0.25) is 0 Å². The van der Waals surface area contributed by atoms with E-state index < -0.39 is 0 Å². The molecule has 0 unspecified atom stereocenters. The molecule has 0 radical (unpaired) electrons. The number of hydrogen-bond acceptors (Lipinski definition) is 4. The minimum atomic E-state index is -0.238. The third-order valence-corrected chi connectivity index (χ3v) is 7.33. The minimum absolute atomic E-state index is 0.0198. The van der Waals surface area contributed by atoms with E-state index in [1.54, 1.807) is 17.0 Å². The SMILES string of the molecule is CN(C(=O)c1ccsc1)[C@@H](Cc1ccccc1F)C1CCN(C(=O)[C@@H]2CCOC2)CC1. The van der Waals surface area contributed by atoms with Gasteiger partial charge in [0.1, 0.15) is 5.82 Å².